The topological polar surface area (TPSA) is 46.6 Å². The van der Waals surface area contributed by atoms with Crippen molar-refractivity contribution in [3.63, 3.8) is 0 Å². The monoisotopic (exact) mass is 495 g/mol. The first-order valence-electron chi connectivity index (χ1n) is 9.24. The maximum Gasteiger partial charge on any atom is 0.229 e. The smallest absolute Gasteiger partial charge is 0.229 e. The number of hydrogen-bond acceptors (Lipinski definition) is 3. The Labute approximate surface area is 178 Å². The summed E-state index contributed by atoms with van der Waals surface area (Å²) in [6, 6.07) is 13.8. The molecule has 148 valence electrons. The van der Waals surface area contributed by atoms with E-state index in [9.17, 15) is 14.0 Å². The highest BCUT2D eigenvalue weighted by Gasteiger charge is 2.37. The van der Waals surface area contributed by atoms with Crippen LogP contribution in [0.5, 0.6) is 5.75 Å². The number of carbonyl (C=O) groups is 2. The lowest BCUT2D eigenvalue weighted by atomic mass is 9.81. The van der Waals surface area contributed by atoms with E-state index in [4.69, 9.17) is 4.74 Å². The zero-order valence-electron chi connectivity index (χ0n) is 16.0. The van der Waals surface area contributed by atoms with Crippen molar-refractivity contribution < 1.29 is 18.7 Å². The number of carbonyl (C=O) groups excluding carboxylic acids is 2. The number of rotatable bonds is 6. The predicted molar refractivity (Wildman–Crippen MR) is 113 cm³/mol. The van der Waals surface area contributed by atoms with E-state index in [1.165, 1.54) is 17.0 Å². The maximum atomic E-state index is 13.3. The molecule has 2 aromatic carbocycles. The van der Waals surface area contributed by atoms with Gasteiger partial charge in [0.1, 0.15) is 17.7 Å². The molecule has 2 amide bonds. The first-order valence-corrected chi connectivity index (χ1v) is 10.3. The van der Waals surface area contributed by atoms with Gasteiger partial charge in [0, 0.05) is 29.4 Å². The van der Waals surface area contributed by atoms with Crippen molar-refractivity contribution in [1.82, 2.24) is 4.90 Å². The van der Waals surface area contributed by atoms with Crippen molar-refractivity contribution in [2.45, 2.75) is 39.2 Å². The summed E-state index contributed by atoms with van der Waals surface area (Å²) in [5, 5.41) is 0. The van der Waals surface area contributed by atoms with E-state index in [1.807, 2.05) is 38.1 Å². The number of likely N-dealkylation sites (tertiary alicyclic amines) is 1. The van der Waals surface area contributed by atoms with Gasteiger partial charge in [-0.15, -0.1) is 0 Å². The molecule has 1 aliphatic rings. The molecular weight excluding hydrogens is 472 g/mol. The van der Waals surface area contributed by atoms with Crippen LogP contribution in [-0.4, -0.2) is 23.3 Å². The van der Waals surface area contributed by atoms with Gasteiger partial charge in [0.15, 0.2) is 0 Å². The zero-order chi connectivity index (χ0) is 20.3. The number of ether oxygens (including phenoxy) is 1. The first kappa shape index (κ1) is 20.8. The summed E-state index contributed by atoms with van der Waals surface area (Å²) >= 11 is 2.21. The van der Waals surface area contributed by atoms with Gasteiger partial charge in [0.2, 0.25) is 11.8 Å². The number of piperidine rings is 1. The average Bonchev–Trinajstić information content (AvgIpc) is 2.60. The van der Waals surface area contributed by atoms with Crippen molar-refractivity contribution >= 4 is 34.4 Å². The second-order valence-corrected chi connectivity index (χ2v) is 9.11. The van der Waals surface area contributed by atoms with Gasteiger partial charge < -0.3 is 4.74 Å². The number of amides is 2. The number of hydrogen-bond donors (Lipinski definition) is 0. The molecule has 3 rings (SSSR count). The zero-order valence-corrected chi connectivity index (χ0v) is 18.1. The van der Waals surface area contributed by atoms with Crippen molar-refractivity contribution in [2.24, 2.45) is 5.41 Å². The van der Waals surface area contributed by atoms with E-state index in [0.717, 1.165) is 9.13 Å². The molecule has 1 fully saturated rings. The summed E-state index contributed by atoms with van der Waals surface area (Å²) < 4.78 is 20.5. The van der Waals surface area contributed by atoms with E-state index in [2.05, 4.69) is 22.6 Å². The van der Waals surface area contributed by atoms with E-state index in [1.54, 1.807) is 12.1 Å². The van der Waals surface area contributed by atoms with Gasteiger partial charge in [-0.25, -0.2) is 4.39 Å². The van der Waals surface area contributed by atoms with Crippen LogP contribution in [0.2, 0.25) is 0 Å². The second kappa shape index (κ2) is 8.59. The highest BCUT2D eigenvalue weighted by molar-refractivity contribution is 14.1. The summed E-state index contributed by atoms with van der Waals surface area (Å²) in [7, 11) is 0. The molecule has 2 aromatic rings. The molecule has 0 radical (unpaired) electrons. The van der Waals surface area contributed by atoms with Crippen molar-refractivity contribution in [1.29, 1.82) is 0 Å². The SMILES string of the molecule is CC1(C)CC(=O)N(CCC(Oc2cccc(I)c2)c2ccc(F)cc2)C(=O)C1. The Morgan fingerprint density at radius 3 is 2.36 bits per heavy atom. The lowest BCUT2D eigenvalue weighted by molar-refractivity contribution is -0.152. The summed E-state index contributed by atoms with van der Waals surface area (Å²) in [5.41, 5.74) is 0.510. The normalized spacial score (nSPS) is 17.5. The minimum absolute atomic E-state index is 0.145. The maximum absolute atomic E-state index is 13.3. The third kappa shape index (κ3) is 5.31. The largest absolute Gasteiger partial charge is 0.486 e. The summed E-state index contributed by atoms with van der Waals surface area (Å²) in [4.78, 5) is 26.2. The Balaban J connectivity index is 1.76. The third-order valence-electron chi connectivity index (χ3n) is 4.79. The molecule has 6 heteroatoms. The van der Waals surface area contributed by atoms with E-state index >= 15 is 0 Å². The molecule has 1 heterocycles. The molecule has 0 N–H and O–H groups in total. The first-order chi connectivity index (χ1) is 13.2. The fourth-order valence-corrected chi connectivity index (χ4v) is 3.90. The van der Waals surface area contributed by atoms with Crippen molar-refractivity contribution in [2.75, 3.05) is 6.54 Å². The molecule has 0 bridgehead atoms. The molecule has 0 saturated carbocycles. The number of benzene rings is 2. The molecule has 0 spiro atoms. The number of nitrogens with zero attached hydrogens (tertiary/aromatic N) is 1. The summed E-state index contributed by atoms with van der Waals surface area (Å²) in [5.74, 6) is 0.0840. The molecule has 1 atom stereocenters. The van der Waals surface area contributed by atoms with Crippen LogP contribution in [0.25, 0.3) is 0 Å². The van der Waals surface area contributed by atoms with Crippen molar-refractivity contribution in [3.05, 3.63) is 63.5 Å². The van der Waals surface area contributed by atoms with Crippen molar-refractivity contribution in [3.8, 4) is 5.75 Å². The fraction of sp³-hybridized carbons (Fsp3) is 0.364. The van der Waals surface area contributed by atoms with Crippen LogP contribution in [0.4, 0.5) is 4.39 Å². The highest BCUT2D eigenvalue weighted by atomic mass is 127. The molecule has 4 nitrogen and oxygen atoms in total. The predicted octanol–water partition coefficient (Wildman–Crippen LogP) is 5.12. The van der Waals surface area contributed by atoms with Gasteiger partial charge in [-0.05, 0) is 63.9 Å². The van der Waals surface area contributed by atoms with Crippen LogP contribution in [0.15, 0.2) is 48.5 Å². The summed E-state index contributed by atoms with van der Waals surface area (Å²) in [6.45, 7) is 4.14. The third-order valence-corrected chi connectivity index (χ3v) is 5.46. The number of imide groups is 1. The highest BCUT2D eigenvalue weighted by Crippen LogP contribution is 2.33. The molecule has 0 aliphatic carbocycles. The molecule has 0 aromatic heterocycles. The molecular formula is C22H23FINO3. The average molecular weight is 495 g/mol. The fourth-order valence-electron chi connectivity index (χ4n) is 3.38. The van der Waals surface area contributed by atoms with E-state index in [-0.39, 0.29) is 29.6 Å². The lowest BCUT2D eigenvalue weighted by Gasteiger charge is -2.35. The molecule has 1 saturated heterocycles. The number of halogens is 2. The van der Waals surface area contributed by atoms with Crippen LogP contribution in [0, 0.1) is 14.8 Å². The Morgan fingerprint density at radius 1 is 1.11 bits per heavy atom. The van der Waals surface area contributed by atoms with Gasteiger partial charge in [0.05, 0.1) is 0 Å². The minimum atomic E-state index is -0.394. The van der Waals surface area contributed by atoms with Gasteiger partial charge >= 0.3 is 0 Å². The Kier molecular flexibility index (Phi) is 6.37. The molecule has 1 aliphatic heterocycles. The van der Waals surface area contributed by atoms with Crippen LogP contribution in [-0.2, 0) is 9.59 Å². The Hall–Kier alpha value is -1.96. The molecule has 1 unspecified atom stereocenters. The van der Waals surface area contributed by atoms with E-state index < -0.39 is 6.10 Å². The summed E-state index contributed by atoms with van der Waals surface area (Å²) in [6.07, 6.45) is 0.763. The standard InChI is InChI=1S/C22H23FINO3/c1-22(2)13-20(26)25(21(27)14-22)11-10-19(15-6-8-16(23)9-7-15)28-18-5-3-4-17(24)12-18/h3-9,12,19H,10-11,13-14H2,1-2H3. The van der Waals surface area contributed by atoms with Crippen LogP contribution < -0.4 is 4.74 Å². The van der Waals surface area contributed by atoms with Crippen LogP contribution in [0.3, 0.4) is 0 Å². The lowest BCUT2D eigenvalue weighted by Crippen LogP contribution is -2.46. The van der Waals surface area contributed by atoms with Crippen LogP contribution >= 0.6 is 22.6 Å². The van der Waals surface area contributed by atoms with Gasteiger partial charge in [-0.2, -0.15) is 0 Å². The van der Waals surface area contributed by atoms with Gasteiger partial charge in [-0.3, -0.25) is 14.5 Å². The molecule has 28 heavy (non-hydrogen) atoms. The quantitative estimate of drug-likeness (QED) is 0.413. The van der Waals surface area contributed by atoms with Gasteiger partial charge in [0.25, 0.3) is 0 Å². The Bertz CT molecular complexity index is 846. The van der Waals surface area contributed by atoms with Crippen LogP contribution in [0.1, 0.15) is 44.8 Å². The van der Waals surface area contributed by atoms with Gasteiger partial charge in [-0.1, -0.05) is 32.0 Å². The minimum Gasteiger partial charge on any atom is -0.486 e. The van der Waals surface area contributed by atoms with E-state index in [0.29, 0.717) is 25.0 Å². The second-order valence-electron chi connectivity index (χ2n) is 7.86. The Morgan fingerprint density at radius 2 is 1.75 bits per heavy atom.